The van der Waals surface area contributed by atoms with E-state index >= 15 is 0 Å². The van der Waals surface area contributed by atoms with Gasteiger partial charge in [0.05, 0.1) is 0 Å². The predicted octanol–water partition coefficient (Wildman–Crippen LogP) is 0.371. The SMILES string of the molecule is [Co].[Ni].[SH][Mn][Fe]. The van der Waals surface area contributed by atoms with Crippen LogP contribution in [0.2, 0.25) is 0 Å². The molecule has 0 unspecified atom stereocenters. The maximum absolute atomic E-state index is 3.71. The van der Waals surface area contributed by atoms with Crippen LogP contribution in [-0.2, 0) is 59.5 Å². The summed E-state index contributed by atoms with van der Waals surface area (Å²) < 4.78 is 0. The molecule has 0 fully saturated rings. The zero-order chi connectivity index (χ0) is 2.71. The van der Waals surface area contributed by atoms with Gasteiger partial charge < -0.3 is 0 Å². The molecule has 0 saturated heterocycles. The van der Waals surface area contributed by atoms with Gasteiger partial charge in [0.15, 0.2) is 0 Å². The first-order valence-corrected chi connectivity index (χ1v) is 4.36. The molecule has 0 heterocycles. The van der Waals surface area contributed by atoms with Crippen molar-refractivity contribution in [2.24, 2.45) is 0 Å². The topological polar surface area (TPSA) is 0 Å². The van der Waals surface area contributed by atoms with Crippen LogP contribution in [0, 0.1) is 0 Å². The van der Waals surface area contributed by atoms with Crippen molar-refractivity contribution in [3.8, 4) is 0 Å². The second-order valence-electron chi connectivity index (χ2n) is 0.0598. The summed E-state index contributed by atoms with van der Waals surface area (Å²) in [4.78, 5) is 0. The van der Waals surface area contributed by atoms with Crippen LogP contribution in [0.25, 0.3) is 0 Å². The Balaban J connectivity index is -0.0000000200. The summed E-state index contributed by atoms with van der Waals surface area (Å²) in [6.07, 6.45) is 0. The van der Waals surface area contributed by atoms with Gasteiger partial charge in [-0.2, -0.15) is 0 Å². The molecule has 0 aromatic carbocycles. The van der Waals surface area contributed by atoms with E-state index in [1.807, 2.05) is 0 Å². The molecule has 1 radical (unpaired) electrons. The Morgan fingerprint density at radius 1 is 1.60 bits per heavy atom. The molecule has 0 aliphatic carbocycles. The normalized spacial score (nSPS) is 3.60. The molecule has 0 atom stereocenters. The van der Waals surface area contributed by atoms with Gasteiger partial charge in [0, 0.05) is 33.3 Å². The van der Waals surface area contributed by atoms with Crippen molar-refractivity contribution in [3.63, 3.8) is 0 Å². The maximum atomic E-state index is 3.71. The Morgan fingerprint density at radius 3 is 1.60 bits per heavy atom. The van der Waals surface area contributed by atoms with E-state index in [-0.39, 0.29) is 33.3 Å². The van der Waals surface area contributed by atoms with Gasteiger partial charge >= 0.3 is 37.2 Å². The second kappa shape index (κ2) is 16.2. The first-order chi connectivity index (χ1) is 1.41. The Morgan fingerprint density at radius 2 is 1.60 bits per heavy atom. The average Bonchev–Trinajstić information content (AvgIpc) is 0.918. The van der Waals surface area contributed by atoms with Crippen molar-refractivity contribution in [3.05, 3.63) is 0 Å². The van der Waals surface area contributed by atoms with Crippen LogP contribution in [0.5, 0.6) is 0 Å². The third-order valence-electron chi connectivity index (χ3n) is 0. The second-order valence-corrected chi connectivity index (χ2v) is 3.05. The van der Waals surface area contributed by atoms with Crippen molar-refractivity contribution in [1.82, 2.24) is 0 Å². The summed E-state index contributed by atoms with van der Waals surface area (Å²) >= 11 is 7.60. The molecule has 0 aromatic heterocycles. The van der Waals surface area contributed by atoms with Crippen molar-refractivity contribution in [2.45, 2.75) is 0 Å². The molecule has 0 nitrogen and oxygen atoms in total. The van der Waals surface area contributed by atoms with Crippen LogP contribution in [0.3, 0.4) is 0 Å². The third kappa shape index (κ3) is 21.6. The fourth-order valence-corrected chi connectivity index (χ4v) is 0. The standard InChI is InChI=1S/Co.Fe.Mn.Ni.H2S/h;;;;1H2/q;;+1;;/p-1. The van der Waals surface area contributed by atoms with Gasteiger partial charge in [-0.05, 0) is 0 Å². The van der Waals surface area contributed by atoms with E-state index in [4.69, 9.17) is 0 Å². The number of hydrogen-bond donors (Lipinski definition) is 1. The summed E-state index contributed by atoms with van der Waals surface area (Å²) in [5.74, 6) is 0. The molecular formula is HCoFeMnNiS. The van der Waals surface area contributed by atoms with Crippen LogP contribution in [0.1, 0.15) is 0 Å². The summed E-state index contributed by atoms with van der Waals surface area (Å²) in [5.41, 5.74) is 0. The molecule has 0 aliphatic heterocycles. The molecule has 0 aliphatic rings. The fourth-order valence-electron chi connectivity index (χ4n) is 0. The quantitative estimate of drug-likeness (QED) is 0.473. The van der Waals surface area contributed by atoms with E-state index in [0.29, 0.717) is 12.0 Å². The average molecular weight is 261 g/mol. The molecule has 0 rings (SSSR count). The van der Waals surface area contributed by atoms with Gasteiger partial charge in [0.25, 0.3) is 0 Å². The summed E-state index contributed by atoms with van der Waals surface area (Å²) in [7, 11) is 0. The summed E-state index contributed by atoms with van der Waals surface area (Å²) in [6.45, 7) is 0. The fraction of sp³-hybridized carbons (Fsp3) is 0. The van der Waals surface area contributed by atoms with E-state index in [9.17, 15) is 0 Å². The molecule has 0 aromatic rings. The molecular weight excluding hydrogens is 260 g/mol. The molecule has 0 amide bonds. The number of hydrogen-bond acceptors (Lipinski definition) is 1. The Hall–Kier alpha value is 2.39. The van der Waals surface area contributed by atoms with E-state index < -0.39 is 0 Å². The van der Waals surface area contributed by atoms with Gasteiger partial charge in [0.1, 0.15) is 0 Å². The number of rotatable bonds is 0. The van der Waals surface area contributed by atoms with Crippen LogP contribution >= 0.6 is 11.0 Å². The van der Waals surface area contributed by atoms with Gasteiger partial charge in [-0.1, -0.05) is 0 Å². The van der Waals surface area contributed by atoms with Crippen molar-refractivity contribution in [2.75, 3.05) is 0 Å². The first kappa shape index (κ1) is 15.7. The molecule has 0 N–H and O–H groups in total. The summed E-state index contributed by atoms with van der Waals surface area (Å²) in [5, 5.41) is 0. The van der Waals surface area contributed by atoms with Gasteiger partial charge in [-0.15, -0.1) is 0 Å². The predicted molar refractivity (Wildman–Crippen MR) is 8.99 cm³/mol. The monoisotopic (exact) mass is 261 g/mol. The zero-order valence-corrected chi connectivity index (χ0v) is 7.04. The number of thiol groups is 1. The summed E-state index contributed by atoms with van der Waals surface area (Å²) in [6, 6.07) is 0. The first-order valence-electron chi connectivity index (χ1n) is 0.303. The van der Waals surface area contributed by atoms with Crippen molar-refractivity contribution in [1.29, 1.82) is 0 Å². The minimum absolute atomic E-state index is 0. The molecule has 0 spiro atoms. The van der Waals surface area contributed by atoms with Crippen LogP contribution in [0.15, 0.2) is 0 Å². The van der Waals surface area contributed by atoms with Gasteiger partial charge in [-0.3, -0.25) is 0 Å². The molecule has 5 heteroatoms. The Bertz CT molecular complexity index is 11.6. The van der Waals surface area contributed by atoms with Gasteiger partial charge in [-0.25, -0.2) is 0 Å². The Kier molecular flexibility index (Phi) is 50.6. The molecule has 0 saturated carbocycles. The van der Waals surface area contributed by atoms with Crippen LogP contribution < -0.4 is 0 Å². The van der Waals surface area contributed by atoms with E-state index in [1.54, 1.807) is 0 Å². The molecule has 5 heavy (non-hydrogen) atoms. The van der Waals surface area contributed by atoms with Gasteiger partial charge in [0.2, 0.25) is 0 Å². The minimum atomic E-state index is 0. The van der Waals surface area contributed by atoms with Crippen molar-refractivity contribution < 1.29 is 59.5 Å². The van der Waals surface area contributed by atoms with Crippen LogP contribution in [0.4, 0.5) is 0 Å². The Labute approximate surface area is 69.7 Å². The zero-order valence-electron chi connectivity index (χ0n) is 1.83. The van der Waals surface area contributed by atoms with Crippen LogP contribution in [-0.4, -0.2) is 0 Å². The van der Waals surface area contributed by atoms with E-state index in [2.05, 4.69) is 25.2 Å². The van der Waals surface area contributed by atoms with E-state index in [0.717, 1.165) is 0 Å². The van der Waals surface area contributed by atoms with Crippen molar-refractivity contribution >= 4 is 11.0 Å². The van der Waals surface area contributed by atoms with E-state index in [1.165, 1.54) is 0 Å². The molecule has 0 bridgehead atoms. The third-order valence-corrected chi connectivity index (χ3v) is 0. The molecule has 41 valence electrons.